The second kappa shape index (κ2) is 7.55. The van der Waals surface area contributed by atoms with Gasteiger partial charge in [0, 0.05) is 16.6 Å². The minimum atomic E-state index is -1.14. The van der Waals surface area contributed by atoms with Crippen molar-refractivity contribution < 1.29 is 15.0 Å². The Morgan fingerprint density at radius 1 is 1.47 bits per heavy atom. The van der Waals surface area contributed by atoms with Crippen molar-refractivity contribution in [3.63, 3.8) is 0 Å². The van der Waals surface area contributed by atoms with Gasteiger partial charge in [0.15, 0.2) is 0 Å². The second-order valence-electron chi connectivity index (χ2n) is 4.14. The molecule has 0 heterocycles. The molecule has 1 atom stereocenters. The zero-order chi connectivity index (χ0) is 14.4. The quantitative estimate of drug-likeness (QED) is 0.706. The Labute approximate surface area is 121 Å². The maximum absolute atomic E-state index is 10.9. The van der Waals surface area contributed by atoms with Gasteiger partial charge in [0.25, 0.3) is 0 Å². The zero-order valence-corrected chi connectivity index (χ0v) is 11.9. The number of rotatable bonds is 6. The van der Waals surface area contributed by atoms with Gasteiger partial charge in [0.05, 0.1) is 12.6 Å². The molecule has 0 aromatic heterocycles. The lowest BCUT2D eigenvalue weighted by atomic mass is 10.1. The van der Waals surface area contributed by atoms with Crippen LogP contribution < -0.4 is 5.43 Å². The summed E-state index contributed by atoms with van der Waals surface area (Å²) in [4.78, 5) is 10.9. The highest BCUT2D eigenvalue weighted by atomic mass is 35.5. The number of carbonyl (C=O) groups is 1. The van der Waals surface area contributed by atoms with Crippen molar-refractivity contribution in [1.82, 2.24) is 10.4 Å². The normalized spacial score (nSPS) is 12.2. The van der Waals surface area contributed by atoms with Crippen molar-refractivity contribution >= 4 is 29.3 Å². The number of aliphatic hydroxyl groups excluding tert-OH is 1. The monoisotopic (exact) mass is 306 g/mol. The first-order valence-corrected chi connectivity index (χ1v) is 6.51. The average Bonchev–Trinajstić information content (AvgIpc) is 2.29. The van der Waals surface area contributed by atoms with Crippen molar-refractivity contribution in [1.29, 1.82) is 0 Å². The Hall–Kier alpha value is -1.01. The summed E-state index contributed by atoms with van der Waals surface area (Å²) in [6.07, 6.45) is -1.31. The Balaban J connectivity index is 2.49. The molecule has 0 saturated carbocycles. The van der Waals surface area contributed by atoms with Crippen LogP contribution in [0.4, 0.5) is 4.79 Å². The molecule has 3 N–H and O–H groups in total. The maximum Gasteiger partial charge on any atom is 0.421 e. The third kappa shape index (κ3) is 5.65. The van der Waals surface area contributed by atoms with E-state index >= 15 is 0 Å². The Morgan fingerprint density at radius 2 is 2.16 bits per heavy atom. The SMILES string of the molecule is CC(O)CN(NCCc1ccc(Cl)cc1Cl)C(=O)O. The maximum atomic E-state index is 10.9. The third-order valence-electron chi connectivity index (χ3n) is 2.39. The molecule has 7 heteroatoms. The molecule has 1 aromatic rings. The third-order valence-corrected chi connectivity index (χ3v) is 2.98. The van der Waals surface area contributed by atoms with E-state index in [4.69, 9.17) is 28.3 Å². The molecule has 0 aliphatic heterocycles. The van der Waals surface area contributed by atoms with Crippen LogP contribution in [0.25, 0.3) is 0 Å². The molecule has 0 bridgehead atoms. The molecular weight excluding hydrogens is 291 g/mol. The number of amides is 1. The predicted molar refractivity (Wildman–Crippen MR) is 74.6 cm³/mol. The van der Waals surface area contributed by atoms with E-state index in [-0.39, 0.29) is 6.54 Å². The van der Waals surface area contributed by atoms with Gasteiger partial charge in [-0.1, -0.05) is 29.3 Å². The molecule has 0 radical (unpaired) electrons. The summed E-state index contributed by atoms with van der Waals surface area (Å²) in [6, 6.07) is 5.17. The van der Waals surface area contributed by atoms with E-state index < -0.39 is 12.2 Å². The van der Waals surface area contributed by atoms with Crippen molar-refractivity contribution in [3.05, 3.63) is 33.8 Å². The molecule has 0 spiro atoms. The Bertz CT molecular complexity index is 441. The van der Waals surface area contributed by atoms with Gasteiger partial charge in [-0.3, -0.25) is 0 Å². The highest BCUT2D eigenvalue weighted by Crippen LogP contribution is 2.21. The highest BCUT2D eigenvalue weighted by Gasteiger charge is 2.13. The summed E-state index contributed by atoms with van der Waals surface area (Å²) in [5.41, 5.74) is 3.60. The number of benzene rings is 1. The number of aliphatic hydroxyl groups is 1. The fourth-order valence-corrected chi connectivity index (χ4v) is 2.03. The standard InChI is InChI=1S/C12H16Cl2N2O3/c1-8(17)7-16(12(18)19)15-5-4-9-2-3-10(13)6-11(9)14/h2-3,6,8,15,17H,4-5,7H2,1H3,(H,18,19). The van der Waals surface area contributed by atoms with Crippen molar-refractivity contribution in [2.45, 2.75) is 19.4 Å². The van der Waals surface area contributed by atoms with Crippen LogP contribution in [0.5, 0.6) is 0 Å². The molecule has 0 aliphatic carbocycles. The summed E-state index contributed by atoms with van der Waals surface area (Å²) in [5.74, 6) is 0. The summed E-state index contributed by atoms with van der Waals surface area (Å²) >= 11 is 11.8. The van der Waals surface area contributed by atoms with Crippen molar-refractivity contribution in [2.24, 2.45) is 0 Å². The molecule has 19 heavy (non-hydrogen) atoms. The van der Waals surface area contributed by atoms with E-state index in [1.54, 1.807) is 18.2 Å². The first-order chi connectivity index (χ1) is 8.90. The van der Waals surface area contributed by atoms with Gasteiger partial charge in [-0.15, -0.1) is 0 Å². The molecule has 1 rings (SSSR count). The second-order valence-corrected chi connectivity index (χ2v) is 4.98. The minimum absolute atomic E-state index is 0.00365. The number of halogens is 2. The van der Waals surface area contributed by atoms with Crippen LogP contribution in [0.3, 0.4) is 0 Å². The molecule has 1 aromatic carbocycles. The van der Waals surface area contributed by atoms with E-state index in [1.165, 1.54) is 6.92 Å². The summed E-state index contributed by atoms with van der Waals surface area (Å²) in [6.45, 7) is 1.91. The van der Waals surface area contributed by atoms with Gasteiger partial charge in [-0.2, -0.15) is 0 Å². The molecule has 0 fully saturated rings. The Kier molecular flexibility index (Phi) is 6.37. The molecule has 0 aliphatic rings. The zero-order valence-electron chi connectivity index (χ0n) is 10.4. The largest absolute Gasteiger partial charge is 0.464 e. The number of carboxylic acid groups (broad SMARTS) is 1. The van der Waals surface area contributed by atoms with Crippen LogP contribution in [-0.4, -0.2) is 40.5 Å². The lowest BCUT2D eigenvalue weighted by molar-refractivity contribution is 0.0798. The van der Waals surface area contributed by atoms with E-state index in [1.807, 2.05) is 0 Å². The molecule has 106 valence electrons. The summed E-state index contributed by atoms with van der Waals surface area (Å²) in [7, 11) is 0. The van der Waals surface area contributed by atoms with Crippen molar-refractivity contribution in [2.75, 3.05) is 13.1 Å². The van der Waals surface area contributed by atoms with Crippen LogP contribution >= 0.6 is 23.2 Å². The fraction of sp³-hybridized carbons (Fsp3) is 0.417. The van der Waals surface area contributed by atoms with Gasteiger partial charge in [0.2, 0.25) is 0 Å². The first kappa shape index (κ1) is 16.0. The fourth-order valence-electron chi connectivity index (χ4n) is 1.52. The molecular formula is C12H16Cl2N2O3. The van der Waals surface area contributed by atoms with Crippen LogP contribution in [0, 0.1) is 0 Å². The van der Waals surface area contributed by atoms with Gasteiger partial charge >= 0.3 is 6.09 Å². The molecule has 0 saturated heterocycles. The van der Waals surface area contributed by atoms with E-state index in [0.29, 0.717) is 23.0 Å². The van der Waals surface area contributed by atoms with Crippen molar-refractivity contribution in [3.8, 4) is 0 Å². The summed E-state index contributed by atoms with van der Waals surface area (Å²) < 4.78 is 0. The van der Waals surface area contributed by atoms with Gasteiger partial charge in [-0.25, -0.2) is 15.2 Å². The van der Waals surface area contributed by atoms with Crippen LogP contribution in [0.15, 0.2) is 18.2 Å². The van der Waals surface area contributed by atoms with Gasteiger partial charge in [0.1, 0.15) is 0 Å². The highest BCUT2D eigenvalue weighted by molar-refractivity contribution is 6.35. The molecule has 1 unspecified atom stereocenters. The number of hydrazine groups is 1. The van der Waals surface area contributed by atoms with Crippen LogP contribution in [-0.2, 0) is 6.42 Å². The predicted octanol–water partition coefficient (Wildman–Crippen LogP) is 2.40. The number of nitrogens with zero attached hydrogens (tertiary/aromatic N) is 1. The lowest BCUT2D eigenvalue weighted by Gasteiger charge is -2.21. The smallest absolute Gasteiger partial charge is 0.421 e. The number of hydrogen-bond donors (Lipinski definition) is 3. The molecule has 5 nitrogen and oxygen atoms in total. The van der Waals surface area contributed by atoms with Crippen LogP contribution in [0.1, 0.15) is 12.5 Å². The van der Waals surface area contributed by atoms with Crippen LogP contribution in [0.2, 0.25) is 10.0 Å². The molecule has 1 amide bonds. The number of hydrogen-bond acceptors (Lipinski definition) is 3. The lowest BCUT2D eigenvalue weighted by Crippen LogP contribution is -2.46. The Morgan fingerprint density at radius 3 is 2.68 bits per heavy atom. The van der Waals surface area contributed by atoms with Gasteiger partial charge in [-0.05, 0) is 31.0 Å². The number of nitrogens with one attached hydrogen (secondary N) is 1. The van der Waals surface area contributed by atoms with E-state index in [9.17, 15) is 9.90 Å². The summed E-state index contributed by atoms with van der Waals surface area (Å²) in [5, 5.41) is 20.2. The first-order valence-electron chi connectivity index (χ1n) is 5.76. The average molecular weight is 307 g/mol. The van der Waals surface area contributed by atoms with E-state index in [0.717, 1.165) is 10.6 Å². The minimum Gasteiger partial charge on any atom is -0.464 e. The van der Waals surface area contributed by atoms with E-state index in [2.05, 4.69) is 5.43 Å². The van der Waals surface area contributed by atoms with Gasteiger partial charge < -0.3 is 10.2 Å². The topological polar surface area (TPSA) is 72.8 Å².